The van der Waals surface area contributed by atoms with Crippen LogP contribution >= 0.6 is 0 Å². The Kier molecular flexibility index (Phi) is 6.92. The van der Waals surface area contributed by atoms with E-state index in [1.165, 1.54) is 0 Å². The van der Waals surface area contributed by atoms with E-state index >= 15 is 0 Å². The third-order valence-corrected chi connectivity index (χ3v) is 4.66. The molecule has 0 atom stereocenters. The van der Waals surface area contributed by atoms with Crippen LogP contribution < -0.4 is 29.0 Å². The molecule has 1 heterocycles. The van der Waals surface area contributed by atoms with Gasteiger partial charge < -0.3 is 33.4 Å². The van der Waals surface area contributed by atoms with Crippen LogP contribution in [0, 0.1) is 0 Å². The van der Waals surface area contributed by atoms with Gasteiger partial charge in [0.25, 0.3) is 5.91 Å². The normalized spacial score (nSPS) is 10.4. The maximum absolute atomic E-state index is 12.7. The van der Waals surface area contributed by atoms with Crippen molar-refractivity contribution in [3.05, 3.63) is 59.5 Å². The third kappa shape index (κ3) is 5.03. The summed E-state index contributed by atoms with van der Waals surface area (Å²) in [5, 5.41) is 2.79. The molecular formula is C23H25NO7. The molecule has 3 rings (SSSR count). The van der Waals surface area contributed by atoms with E-state index in [1.807, 2.05) is 0 Å². The van der Waals surface area contributed by atoms with Crippen molar-refractivity contribution in [1.82, 2.24) is 0 Å². The predicted octanol–water partition coefficient (Wildman–Crippen LogP) is 4.17. The second kappa shape index (κ2) is 9.80. The van der Waals surface area contributed by atoms with E-state index in [9.17, 15) is 4.79 Å². The van der Waals surface area contributed by atoms with Gasteiger partial charge in [0.05, 0.1) is 35.5 Å². The van der Waals surface area contributed by atoms with E-state index in [0.717, 1.165) is 5.56 Å². The van der Waals surface area contributed by atoms with E-state index in [4.69, 9.17) is 28.1 Å². The van der Waals surface area contributed by atoms with Crippen LogP contribution in [0.4, 0.5) is 5.69 Å². The van der Waals surface area contributed by atoms with Gasteiger partial charge >= 0.3 is 0 Å². The van der Waals surface area contributed by atoms with Gasteiger partial charge in [-0.1, -0.05) is 0 Å². The Balaban J connectivity index is 1.80. The average molecular weight is 427 g/mol. The zero-order valence-corrected chi connectivity index (χ0v) is 18.1. The van der Waals surface area contributed by atoms with Crippen LogP contribution in [0.15, 0.2) is 46.9 Å². The molecule has 0 spiro atoms. The molecule has 0 saturated carbocycles. The summed E-state index contributed by atoms with van der Waals surface area (Å²) in [4.78, 5) is 12.7. The Hall–Kier alpha value is -3.81. The van der Waals surface area contributed by atoms with Gasteiger partial charge in [0, 0.05) is 48.0 Å². The first-order valence-electron chi connectivity index (χ1n) is 9.43. The number of hydrogen-bond donors (Lipinski definition) is 1. The molecular weight excluding hydrogens is 402 g/mol. The van der Waals surface area contributed by atoms with Gasteiger partial charge in [0.1, 0.15) is 34.5 Å². The summed E-state index contributed by atoms with van der Waals surface area (Å²) in [6.07, 6.45) is 0.372. The second-order valence-corrected chi connectivity index (χ2v) is 6.51. The summed E-state index contributed by atoms with van der Waals surface area (Å²) < 4.78 is 32.5. The van der Waals surface area contributed by atoms with Crippen LogP contribution in [-0.2, 0) is 6.42 Å². The average Bonchev–Trinajstić information content (AvgIpc) is 3.27. The van der Waals surface area contributed by atoms with Crippen molar-refractivity contribution in [1.29, 1.82) is 0 Å². The number of carbonyl (C=O) groups is 1. The lowest BCUT2D eigenvalue weighted by atomic mass is 10.1. The molecule has 1 N–H and O–H groups in total. The lowest BCUT2D eigenvalue weighted by Gasteiger charge is -2.14. The van der Waals surface area contributed by atoms with Crippen molar-refractivity contribution in [2.45, 2.75) is 6.42 Å². The van der Waals surface area contributed by atoms with E-state index in [2.05, 4.69) is 5.32 Å². The number of anilines is 1. The van der Waals surface area contributed by atoms with Crippen molar-refractivity contribution in [2.24, 2.45) is 0 Å². The Labute approximate surface area is 180 Å². The zero-order valence-electron chi connectivity index (χ0n) is 18.1. The summed E-state index contributed by atoms with van der Waals surface area (Å²) in [5.41, 5.74) is 1.31. The summed E-state index contributed by atoms with van der Waals surface area (Å²) >= 11 is 0. The molecule has 2 aromatic carbocycles. The molecule has 1 aromatic heterocycles. The minimum Gasteiger partial charge on any atom is -0.497 e. The number of benzene rings is 2. The number of furan rings is 1. The SMILES string of the molecule is COc1cc(NC(=O)c2ccc(Cc3c(OC)cc(OC)cc3OC)o2)cc(OC)c1. The van der Waals surface area contributed by atoms with Gasteiger partial charge in [0.2, 0.25) is 0 Å². The number of ether oxygens (including phenoxy) is 5. The van der Waals surface area contributed by atoms with Crippen LogP contribution in [0.1, 0.15) is 21.9 Å². The maximum atomic E-state index is 12.7. The fourth-order valence-corrected chi connectivity index (χ4v) is 3.09. The molecule has 0 aliphatic heterocycles. The second-order valence-electron chi connectivity index (χ2n) is 6.51. The molecule has 1 amide bonds. The highest BCUT2D eigenvalue weighted by Gasteiger charge is 2.18. The van der Waals surface area contributed by atoms with Crippen LogP contribution in [0.3, 0.4) is 0 Å². The minimum absolute atomic E-state index is 0.170. The van der Waals surface area contributed by atoms with E-state index in [-0.39, 0.29) is 5.76 Å². The molecule has 0 bridgehead atoms. The summed E-state index contributed by atoms with van der Waals surface area (Å²) in [5.74, 6) is 3.30. The highest BCUT2D eigenvalue weighted by atomic mass is 16.5. The Morgan fingerprint density at radius 2 is 1.32 bits per heavy atom. The summed E-state index contributed by atoms with van der Waals surface area (Å²) in [6.45, 7) is 0. The van der Waals surface area contributed by atoms with Crippen molar-refractivity contribution >= 4 is 11.6 Å². The molecule has 0 unspecified atom stereocenters. The van der Waals surface area contributed by atoms with E-state index in [1.54, 1.807) is 78.0 Å². The first-order chi connectivity index (χ1) is 15.0. The molecule has 0 radical (unpaired) electrons. The molecule has 8 nitrogen and oxygen atoms in total. The largest absolute Gasteiger partial charge is 0.497 e. The Morgan fingerprint density at radius 1 is 0.774 bits per heavy atom. The van der Waals surface area contributed by atoms with Gasteiger partial charge in [-0.05, 0) is 12.1 Å². The molecule has 0 fully saturated rings. The van der Waals surface area contributed by atoms with Gasteiger partial charge in [-0.25, -0.2) is 0 Å². The number of nitrogens with one attached hydrogen (secondary N) is 1. The number of amides is 1. The summed E-state index contributed by atoms with van der Waals surface area (Å²) in [6, 6.07) is 12.0. The molecule has 0 aliphatic carbocycles. The Bertz CT molecular complexity index is 1010. The van der Waals surface area contributed by atoms with Crippen molar-refractivity contribution in [3.8, 4) is 28.7 Å². The smallest absolute Gasteiger partial charge is 0.291 e. The van der Waals surface area contributed by atoms with E-state index in [0.29, 0.717) is 46.6 Å². The van der Waals surface area contributed by atoms with Gasteiger partial charge in [-0.15, -0.1) is 0 Å². The topological polar surface area (TPSA) is 88.4 Å². The molecule has 0 aliphatic rings. The fourth-order valence-electron chi connectivity index (χ4n) is 3.09. The van der Waals surface area contributed by atoms with Gasteiger partial charge in [-0.2, -0.15) is 0 Å². The lowest BCUT2D eigenvalue weighted by Crippen LogP contribution is -2.11. The predicted molar refractivity (Wildman–Crippen MR) is 115 cm³/mol. The monoisotopic (exact) mass is 427 g/mol. The number of hydrogen-bond acceptors (Lipinski definition) is 7. The van der Waals surface area contributed by atoms with E-state index < -0.39 is 5.91 Å². The van der Waals surface area contributed by atoms with Crippen molar-refractivity contribution in [3.63, 3.8) is 0 Å². The number of methoxy groups -OCH3 is 5. The quantitative estimate of drug-likeness (QED) is 0.548. The molecule has 164 valence electrons. The van der Waals surface area contributed by atoms with Gasteiger partial charge in [-0.3, -0.25) is 4.79 Å². The maximum Gasteiger partial charge on any atom is 0.291 e. The highest BCUT2D eigenvalue weighted by Crippen LogP contribution is 2.36. The minimum atomic E-state index is -0.393. The standard InChI is InChI=1S/C23H25NO7/c1-26-16-8-14(9-17(10-16)27-2)24-23(25)20-7-6-15(31-20)11-19-21(29-4)12-18(28-3)13-22(19)30-5/h6-10,12-13H,11H2,1-5H3,(H,24,25). The van der Waals surface area contributed by atoms with Crippen LogP contribution in [-0.4, -0.2) is 41.5 Å². The molecule has 8 heteroatoms. The third-order valence-electron chi connectivity index (χ3n) is 4.66. The highest BCUT2D eigenvalue weighted by molar-refractivity contribution is 6.02. The first-order valence-corrected chi connectivity index (χ1v) is 9.43. The van der Waals surface area contributed by atoms with Crippen LogP contribution in [0.25, 0.3) is 0 Å². The molecule has 31 heavy (non-hydrogen) atoms. The zero-order chi connectivity index (χ0) is 22.4. The fraction of sp³-hybridized carbons (Fsp3) is 0.261. The first kappa shape index (κ1) is 21.9. The molecule has 3 aromatic rings. The van der Waals surface area contributed by atoms with Crippen molar-refractivity contribution in [2.75, 3.05) is 40.9 Å². The lowest BCUT2D eigenvalue weighted by molar-refractivity contribution is 0.0995. The van der Waals surface area contributed by atoms with Crippen LogP contribution in [0.2, 0.25) is 0 Å². The van der Waals surface area contributed by atoms with Crippen molar-refractivity contribution < 1.29 is 32.9 Å². The Morgan fingerprint density at radius 3 is 1.84 bits per heavy atom. The molecule has 0 saturated heterocycles. The number of carbonyl (C=O) groups excluding carboxylic acids is 1. The van der Waals surface area contributed by atoms with Crippen LogP contribution in [0.5, 0.6) is 28.7 Å². The summed E-state index contributed by atoms with van der Waals surface area (Å²) in [7, 11) is 7.80. The number of rotatable bonds is 9. The van der Waals surface area contributed by atoms with Gasteiger partial charge in [0.15, 0.2) is 5.76 Å².